The summed E-state index contributed by atoms with van der Waals surface area (Å²) in [4.78, 5) is 15.5. The summed E-state index contributed by atoms with van der Waals surface area (Å²) < 4.78 is 0. The minimum Gasteiger partial charge on any atom is -0.368 e. The Morgan fingerprint density at radius 2 is 2.24 bits per heavy atom. The molecular weight excluding hydrogens is 216 g/mol. The van der Waals surface area contributed by atoms with Crippen molar-refractivity contribution in [2.45, 2.75) is 31.7 Å². The number of carbonyl (C=O) groups is 1. The molecule has 5 nitrogen and oxygen atoms in total. The Morgan fingerprint density at radius 1 is 1.53 bits per heavy atom. The average molecular weight is 234 g/mol. The van der Waals surface area contributed by atoms with Crippen LogP contribution in [-0.4, -0.2) is 23.0 Å². The fraction of sp³-hybridized carbons (Fsp3) is 0.500. The smallest absolute Gasteiger partial charge is 0.252 e. The predicted octanol–water partition coefficient (Wildman–Crippen LogP) is 0.782. The standard InChI is InChI=1S/C12H18N4O/c1-8-3-4-9(10(13)17)11(16-8)15-7-12(14)5-2-6-12/h3-4H,2,5-7,14H2,1H3,(H2,13,17)(H,15,16). The van der Waals surface area contributed by atoms with Gasteiger partial charge in [-0.2, -0.15) is 0 Å². The van der Waals surface area contributed by atoms with Crippen LogP contribution >= 0.6 is 0 Å². The highest BCUT2D eigenvalue weighted by atomic mass is 16.1. The second kappa shape index (κ2) is 4.33. The average Bonchev–Trinajstić information content (AvgIpc) is 2.23. The zero-order valence-electron chi connectivity index (χ0n) is 9.99. The maximum absolute atomic E-state index is 11.3. The third kappa shape index (κ3) is 2.55. The molecule has 0 unspecified atom stereocenters. The van der Waals surface area contributed by atoms with E-state index in [9.17, 15) is 4.79 Å². The van der Waals surface area contributed by atoms with Gasteiger partial charge >= 0.3 is 0 Å². The van der Waals surface area contributed by atoms with Crippen molar-refractivity contribution in [3.63, 3.8) is 0 Å². The predicted molar refractivity (Wildman–Crippen MR) is 66.8 cm³/mol. The van der Waals surface area contributed by atoms with E-state index in [2.05, 4.69) is 10.3 Å². The molecule has 1 fully saturated rings. The zero-order chi connectivity index (χ0) is 12.5. The number of nitrogens with zero attached hydrogens (tertiary/aromatic N) is 1. The van der Waals surface area contributed by atoms with Crippen molar-refractivity contribution in [3.05, 3.63) is 23.4 Å². The number of primary amides is 1. The van der Waals surface area contributed by atoms with Crippen molar-refractivity contribution in [1.82, 2.24) is 4.98 Å². The van der Waals surface area contributed by atoms with Crippen LogP contribution in [0.2, 0.25) is 0 Å². The van der Waals surface area contributed by atoms with Crippen LogP contribution in [0.1, 0.15) is 35.3 Å². The van der Waals surface area contributed by atoms with Gasteiger partial charge in [0.1, 0.15) is 5.82 Å². The Kier molecular flexibility index (Phi) is 3.02. The molecule has 1 saturated carbocycles. The van der Waals surface area contributed by atoms with Crippen molar-refractivity contribution in [3.8, 4) is 0 Å². The van der Waals surface area contributed by atoms with Gasteiger partial charge in [-0.3, -0.25) is 4.79 Å². The fourth-order valence-corrected chi connectivity index (χ4v) is 1.96. The topological polar surface area (TPSA) is 94.0 Å². The van der Waals surface area contributed by atoms with Crippen molar-refractivity contribution >= 4 is 11.7 Å². The molecule has 5 heteroatoms. The van der Waals surface area contributed by atoms with Crippen LogP contribution in [0, 0.1) is 6.92 Å². The number of aromatic nitrogens is 1. The lowest BCUT2D eigenvalue weighted by atomic mass is 9.78. The number of pyridine rings is 1. The first-order valence-corrected chi connectivity index (χ1v) is 5.80. The summed E-state index contributed by atoms with van der Waals surface area (Å²) in [5.41, 5.74) is 12.5. The number of aryl methyl sites for hydroxylation is 1. The number of amides is 1. The van der Waals surface area contributed by atoms with E-state index in [0.717, 1.165) is 18.5 Å². The molecule has 2 rings (SSSR count). The van der Waals surface area contributed by atoms with Crippen LogP contribution in [0.5, 0.6) is 0 Å². The van der Waals surface area contributed by atoms with E-state index < -0.39 is 5.91 Å². The van der Waals surface area contributed by atoms with E-state index in [4.69, 9.17) is 11.5 Å². The second-order valence-corrected chi connectivity index (χ2v) is 4.78. The van der Waals surface area contributed by atoms with Gasteiger partial charge in [0.25, 0.3) is 5.91 Å². The summed E-state index contributed by atoms with van der Waals surface area (Å²) in [5, 5.41) is 3.14. The SMILES string of the molecule is Cc1ccc(C(N)=O)c(NCC2(N)CCC2)n1. The summed E-state index contributed by atoms with van der Waals surface area (Å²) in [5.74, 6) is 0.0638. The summed E-state index contributed by atoms with van der Waals surface area (Å²) in [6.07, 6.45) is 3.19. The van der Waals surface area contributed by atoms with Gasteiger partial charge in [0, 0.05) is 17.8 Å². The molecule has 0 aliphatic heterocycles. The monoisotopic (exact) mass is 234 g/mol. The third-order valence-electron chi connectivity index (χ3n) is 3.26. The minimum atomic E-state index is -0.473. The maximum Gasteiger partial charge on any atom is 0.252 e. The van der Waals surface area contributed by atoms with Crippen molar-refractivity contribution in [2.75, 3.05) is 11.9 Å². The Bertz CT molecular complexity index is 440. The number of carbonyl (C=O) groups excluding carboxylic acids is 1. The molecule has 1 heterocycles. The number of nitrogens with two attached hydrogens (primary N) is 2. The molecule has 1 aromatic heterocycles. The number of nitrogens with one attached hydrogen (secondary N) is 1. The normalized spacial score (nSPS) is 17.3. The van der Waals surface area contributed by atoms with E-state index in [0.29, 0.717) is 17.9 Å². The summed E-state index contributed by atoms with van der Waals surface area (Å²) in [7, 11) is 0. The molecule has 0 saturated heterocycles. The summed E-state index contributed by atoms with van der Waals surface area (Å²) in [6.45, 7) is 2.50. The molecule has 1 aromatic rings. The molecule has 1 amide bonds. The van der Waals surface area contributed by atoms with E-state index in [1.54, 1.807) is 12.1 Å². The van der Waals surface area contributed by atoms with Crippen LogP contribution in [-0.2, 0) is 0 Å². The molecule has 0 atom stereocenters. The Labute approximate surface area is 101 Å². The van der Waals surface area contributed by atoms with Gasteiger partial charge in [-0.05, 0) is 38.3 Å². The molecule has 0 radical (unpaired) electrons. The molecule has 0 aromatic carbocycles. The molecule has 0 bridgehead atoms. The van der Waals surface area contributed by atoms with Crippen molar-refractivity contribution in [1.29, 1.82) is 0 Å². The van der Waals surface area contributed by atoms with Gasteiger partial charge < -0.3 is 16.8 Å². The molecule has 0 spiro atoms. The molecule has 92 valence electrons. The molecule has 1 aliphatic rings. The molecule has 5 N–H and O–H groups in total. The van der Waals surface area contributed by atoms with Gasteiger partial charge in [-0.1, -0.05) is 0 Å². The summed E-state index contributed by atoms with van der Waals surface area (Å²) in [6, 6.07) is 3.46. The lowest BCUT2D eigenvalue weighted by Crippen LogP contribution is -2.52. The third-order valence-corrected chi connectivity index (χ3v) is 3.26. The highest BCUT2D eigenvalue weighted by molar-refractivity contribution is 5.97. The van der Waals surface area contributed by atoms with Gasteiger partial charge in [0.05, 0.1) is 5.56 Å². The zero-order valence-corrected chi connectivity index (χ0v) is 9.99. The van der Waals surface area contributed by atoms with Crippen LogP contribution < -0.4 is 16.8 Å². The van der Waals surface area contributed by atoms with Crippen LogP contribution in [0.25, 0.3) is 0 Å². The number of rotatable bonds is 4. The lowest BCUT2D eigenvalue weighted by molar-refractivity contribution is 0.100. The molecule has 1 aliphatic carbocycles. The first-order chi connectivity index (χ1) is 8.00. The Morgan fingerprint density at radius 3 is 2.76 bits per heavy atom. The van der Waals surface area contributed by atoms with E-state index >= 15 is 0 Å². The summed E-state index contributed by atoms with van der Waals surface area (Å²) >= 11 is 0. The quantitative estimate of drug-likeness (QED) is 0.717. The van der Waals surface area contributed by atoms with E-state index in [1.807, 2.05) is 6.92 Å². The maximum atomic E-state index is 11.3. The van der Waals surface area contributed by atoms with Gasteiger partial charge in [0.15, 0.2) is 0 Å². The highest BCUT2D eigenvalue weighted by Gasteiger charge is 2.32. The Hall–Kier alpha value is -1.62. The number of anilines is 1. The molecule has 17 heavy (non-hydrogen) atoms. The highest BCUT2D eigenvalue weighted by Crippen LogP contribution is 2.29. The second-order valence-electron chi connectivity index (χ2n) is 4.78. The first kappa shape index (κ1) is 11.9. The van der Waals surface area contributed by atoms with E-state index in [1.165, 1.54) is 6.42 Å². The van der Waals surface area contributed by atoms with Crippen LogP contribution in [0.3, 0.4) is 0 Å². The lowest BCUT2D eigenvalue weighted by Gasteiger charge is -2.38. The fourth-order valence-electron chi connectivity index (χ4n) is 1.96. The van der Waals surface area contributed by atoms with Gasteiger partial charge in [-0.15, -0.1) is 0 Å². The van der Waals surface area contributed by atoms with Crippen molar-refractivity contribution in [2.24, 2.45) is 11.5 Å². The largest absolute Gasteiger partial charge is 0.368 e. The van der Waals surface area contributed by atoms with Gasteiger partial charge in [-0.25, -0.2) is 4.98 Å². The minimum absolute atomic E-state index is 0.152. The molecular formula is C12H18N4O. The van der Waals surface area contributed by atoms with Gasteiger partial charge in [0.2, 0.25) is 0 Å². The van der Waals surface area contributed by atoms with Crippen LogP contribution in [0.4, 0.5) is 5.82 Å². The van der Waals surface area contributed by atoms with E-state index in [-0.39, 0.29) is 5.54 Å². The van der Waals surface area contributed by atoms with Crippen molar-refractivity contribution < 1.29 is 4.79 Å². The number of hydrogen-bond acceptors (Lipinski definition) is 4. The Balaban J connectivity index is 2.13. The van der Waals surface area contributed by atoms with Crippen LogP contribution in [0.15, 0.2) is 12.1 Å². The number of hydrogen-bond donors (Lipinski definition) is 3. The first-order valence-electron chi connectivity index (χ1n) is 5.80.